The van der Waals surface area contributed by atoms with Crippen molar-refractivity contribution in [3.8, 4) is 5.75 Å². The van der Waals surface area contributed by atoms with E-state index < -0.39 is 5.82 Å². The molecule has 0 saturated heterocycles. The smallest absolute Gasteiger partial charge is 0.229 e. The number of carbonyl (C=O) groups is 1. The largest absolute Gasteiger partial charge is 0.489 e. The molecule has 0 spiro atoms. The van der Waals surface area contributed by atoms with Gasteiger partial charge < -0.3 is 21.1 Å². The summed E-state index contributed by atoms with van der Waals surface area (Å²) in [4.78, 5) is 19.2. The first kappa shape index (κ1) is 20.3. The lowest BCUT2D eigenvalue weighted by atomic mass is 10.00. The van der Waals surface area contributed by atoms with Gasteiger partial charge in [-0.3, -0.25) is 4.79 Å². The zero-order valence-electron chi connectivity index (χ0n) is 16.0. The molecule has 2 unspecified atom stereocenters. The van der Waals surface area contributed by atoms with Crippen LogP contribution in [0.2, 0.25) is 0 Å². The second-order valence-electron chi connectivity index (χ2n) is 6.83. The van der Waals surface area contributed by atoms with Crippen LogP contribution in [0.15, 0.2) is 55.3 Å². The molecular weight excluding hydrogens is 373 g/mol. The quantitative estimate of drug-likeness (QED) is 0.531. The van der Waals surface area contributed by atoms with Gasteiger partial charge >= 0.3 is 0 Å². The number of benzene rings is 1. The Balaban J connectivity index is 1.59. The number of primary amides is 1. The monoisotopic (exact) mass is 397 g/mol. The molecule has 3 rings (SSSR count). The molecule has 1 amide bonds. The normalized spacial score (nSPS) is 17.7. The van der Waals surface area contributed by atoms with Crippen molar-refractivity contribution in [2.75, 3.05) is 23.8 Å². The minimum absolute atomic E-state index is 0.119. The van der Waals surface area contributed by atoms with E-state index in [9.17, 15) is 9.18 Å². The van der Waals surface area contributed by atoms with Crippen LogP contribution in [0.1, 0.15) is 12.8 Å². The molecule has 1 heterocycles. The third-order valence-corrected chi connectivity index (χ3v) is 4.46. The van der Waals surface area contributed by atoms with Crippen LogP contribution in [0.25, 0.3) is 0 Å². The zero-order valence-corrected chi connectivity index (χ0v) is 16.0. The lowest BCUT2D eigenvalue weighted by molar-refractivity contribution is -0.118. The van der Waals surface area contributed by atoms with Gasteiger partial charge in [0.2, 0.25) is 11.9 Å². The summed E-state index contributed by atoms with van der Waals surface area (Å²) in [7, 11) is 0. The van der Waals surface area contributed by atoms with Crippen molar-refractivity contribution in [1.82, 2.24) is 9.97 Å². The number of anilines is 3. The number of allylic oxidation sites excluding steroid dienone is 1. The number of nitrogens with zero attached hydrogens (tertiary/aromatic N) is 2. The molecule has 0 fully saturated rings. The van der Waals surface area contributed by atoms with Gasteiger partial charge in [0.05, 0.1) is 6.20 Å². The molecule has 2 atom stereocenters. The van der Waals surface area contributed by atoms with E-state index in [1.807, 2.05) is 30.4 Å². The number of halogens is 1. The Hall–Kier alpha value is -3.42. The SMILES string of the molecule is C=CCOc1cccc(Nc2ncc(F)c(NCC3C=CC(CC(N)=O)C3)n2)c1. The van der Waals surface area contributed by atoms with Crippen LogP contribution in [-0.4, -0.2) is 29.0 Å². The van der Waals surface area contributed by atoms with Crippen LogP contribution in [0.3, 0.4) is 0 Å². The highest BCUT2D eigenvalue weighted by Crippen LogP contribution is 2.27. The van der Waals surface area contributed by atoms with Crippen molar-refractivity contribution in [3.05, 3.63) is 61.1 Å². The summed E-state index contributed by atoms with van der Waals surface area (Å²) in [5, 5.41) is 6.07. The van der Waals surface area contributed by atoms with Crippen molar-refractivity contribution < 1.29 is 13.9 Å². The van der Waals surface area contributed by atoms with Gasteiger partial charge in [-0.1, -0.05) is 30.9 Å². The third kappa shape index (κ3) is 6.03. The van der Waals surface area contributed by atoms with Crippen molar-refractivity contribution >= 4 is 23.4 Å². The lowest BCUT2D eigenvalue weighted by Crippen LogP contribution is -2.17. The van der Waals surface area contributed by atoms with E-state index in [-0.39, 0.29) is 29.5 Å². The van der Waals surface area contributed by atoms with Crippen LogP contribution in [0.5, 0.6) is 5.75 Å². The van der Waals surface area contributed by atoms with Crippen molar-refractivity contribution in [1.29, 1.82) is 0 Å². The summed E-state index contributed by atoms with van der Waals surface area (Å²) in [6, 6.07) is 7.29. The van der Waals surface area contributed by atoms with Crippen LogP contribution in [0.4, 0.5) is 21.8 Å². The Morgan fingerprint density at radius 3 is 3.00 bits per heavy atom. The molecule has 0 aliphatic heterocycles. The Morgan fingerprint density at radius 2 is 2.21 bits per heavy atom. The maximum atomic E-state index is 14.1. The first-order chi connectivity index (χ1) is 14.0. The van der Waals surface area contributed by atoms with Crippen molar-refractivity contribution in [3.63, 3.8) is 0 Å². The van der Waals surface area contributed by atoms with Crippen LogP contribution in [0, 0.1) is 17.7 Å². The van der Waals surface area contributed by atoms with Crippen molar-refractivity contribution in [2.24, 2.45) is 17.6 Å². The second-order valence-corrected chi connectivity index (χ2v) is 6.83. The molecule has 0 radical (unpaired) electrons. The van der Waals surface area contributed by atoms with E-state index >= 15 is 0 Å². The maximum Gasteiger partial charge on any atom is 0.229 e. The average molecular weight is 397 g/mol. The molecule has 1 aliphatic carbocycles. The highest BCUT2D eigenvalue weighted by atomic mass is 19.1. The van der Waals surface area contributed by atoms with E-state index in [0.29, 0.717) is 25.3 Å². The Labute approximate surface area is 168 Å². The second kappa shape index (κ2) is 9.68. The average Bonchev–Trinajstić information content (AvgIpc) is 3.13. The van der Waals surface area contributed by atoms with Crippen LogP contribution >= 0.6 is 0 Å². The fourth-order valence-electron chi connectivity index (χ4n) is 3.15. The fraction of sp³-hybridized carbons (Fsp3) is 0.286. The molecule has 1 aromatic carbocycles. The number of aromatic nitrogens is 2. The summed E-state index contributed by atoms with van der Waals surface area (Å²) in [5.41, 5.74) is 5.96. The number of rotatable bonds is 10. The van der Waals surface area contributed by atoms with Crippen molar-refractivity contribution in [2.45, 2.75) is 12.8 Å². The molecule has 29 heavy (non-hydrogen) atoms. The van der Waals surface area contributed by atoms with Gasteiger partial charge in [-0.25, -0.2) is 9.37 Å². The summed E-state index contributed by atoms with van der Waals surface area (Å²) >= 11 is 0. The summed E-state index contributed by atoms with van der Waals surface area (Å²) in [6.45, 7) is 4.53. The van der Waals surface area contributed by atoms with E-state index in [4.69, 9.17) is 10.5 Å². The molecule has 8 heteroatoms. The van der Waals surface area contributed by atoms with Crippen LogP contribution < -0.4 is 21.1 Å². The summed E-state index contributed by atoms with van der Waals surface area (Å²) in [5.74, 6) is 0.538. The number of carbonyl (C=O) groups excluding carboxylic acids is 1. The van der Waals surface area contributed by atoms with Gasteiger partial charge in [0.25, 0.3) is 0 Å². The third-order valence-electron chi connectivity index (χ3n) is 4.46. The standard InChI is InChI=1S/C21H24FN5O2/c1-2-8-29-17-5-3-4-16(11-17)26-21-25-13-18(22)20(27-21)24-12-15-7-6-14(9-15)10-19(23)28/h2-7,11,13-15H,1,8-10,12H2,(H2,23,28)(H2,24,25,26,27). The first-order valence-corrected chi connectivity index (χ1v) is 9.37. The molecule has 2 aromatic rings. The van der Waals surface area contributed by atoms with Gasteiger partial charge in [-0.05, 0) is 30.4 Å². The number of hydrogen-bond donors (Lipinski definition) is 3. The van der Waals surface area contributed by atoms with Gasteiger partial charge in [0, 0.05) is 24.7 Å². The highest BCUT2D eigenvalue weighted by Gasteiger charge is 2.20. The Morgan fingerprint density at radius 1 is 1.38 bits per heavy atom. The number of ether oxygens (including phenoxy) is 1. The molecule has 4 N–H and O–H groups in total. The first-order valence-electron chi connectivity index (χ1n) is 9.37. The van der Waals surface area contributed by atoms with E-state index in [0.717, 1.165) is 18.3 Å². The topological polar surface area (TPSA) is 102 Å². The molecular formula is C21H24FN5O2. The number of nitrogens with two attached hydrogens (primary N) is 1. The van der Waals surface area contributed by atoms with E-state index in [1.165, 1.54) is 0 Å². The Kier molecular flexibility index (Phi) is 6.78. The number of amides is 1. The highest BCUT2D eigenvalue weighted by molar-refractivity contribution is 5.74. The molecule has 152 valence electrons. The number of nitrogens with one attached hydrogen (secondary N) is 2. The van der Waals surface area contributed by atoms with Gasteiger partial charge in [-0.15, -0.1) is 0 Å². The van der Waals surface area contributed by atoms with Crippen LogP contribution in [-0.2, 0) is 4.79 Å². The zero-order chi connectivity index (χ0) is 20.6. The van der Waals surface area contributed by atoms with E-state index in [2.05, 4.69) is 27.2 Å². The molecule has 0 bridgehead atoms. The number of hydrogen-bond acceptors (Lipinski definition) is 6. The summed E-state index contributed by atoms with van der Waals surface area (Å²) < 4.78 is 19.6. The fourth-order valence-corrected chi connectivity index (χ4v) is 3.15. The minimum Gasteiger partial charge on any atom is -0.489 e. The van der Waals surface area contributed by atoms with Gasteiger partial charge in [-0.2, -0.15) is 4.98 Å². The lowest BCUT2D eigenvalue weighted by Gasteiger charge is -2.14. The minimum atomic E-state index is -0.533. The maximum absolute atomic E-state index is 14.1. The predicted molar refractivity (Wildman–Crippen MR) is 110 cm³/mol. The van der Waals surface area contributed by atoms with Gasteiger partial charge in [0.15, 0.2) is 11.6 Å². The van der Waals surface area contributed by atoms with E-state index in [1.54, 1.807) is 12.1 Å². The van der Waals surface area contributed by atoms with Gasteiger partial charge in [0.1, 0.15) is 12.4 Å². The predicted octanol–water partition coefficient (Wildman–Crippen LogP) is 3.40. The molecule has 1 aliphatic rings. The molecule has 0 saturated carbocycles. The molecule has 1 aromatic heterocycles. The summed E-state index contributed by atoms with van der Waals surface area (Å²) in [6.07, 6.45) is 7.92. The Bertz CT molecular complexity index is 902. The molecule has 7 nitrogen and oxygen atoms in total.